The van der Waals surface area contributed by atoms with E-state index >= 15 is 0 Å². The second-order valence-electron chi connectivity index (χ2n) is 7.58. The predicted molar refractivity (Wildman–Crippen MR) is 110 cm³/mol. The van der Waals surface area contributed by atoms with Crippen molar-refractivity contribution in [3.63, 3.8) is 0 Å². The molecule has 1 aromatic heterocycles. The van der Waals surface area contributed by atoms with Gasteiger partial charge in [0, 0.05) is 12.5 Å². The van der Waals surface area contributed by atoms with E-state index in [1.54, 1.807) is 4.90 Å². The van der Waals surface area contributed by atoms with Crippen molar-refractivity contribution < 1.29 is 14.6 Å². The normalized spacial score (nSPS) is 20.7. The molecule has 0 aliphatic carbocycles. The van der Waals surface area contributed by atoms with E-state index < -0.39 is 11.2 Å². The van der Waals surface area contributed by atoms with E-state index in [0.717, 1.165) is 17.3 Å². The summed E-state index contributed by atoms with van der Waals surface area (Å²) in [6.07, 6.45) is 1.07. The third kappa shape index (κ3) is 2.90. The highest BCUT2D eigenvalue weighted by Gasteiger charge is 2.47. The highest BCUT2D eigenvalue weighted by molar-refractivity contribution is 5.96. The van der Waals surface area contributed by atoms with E-state index in [1.165, 1.54) is 4.68 Å². The molecular formula is C23H21N3O4. The number of morpholine rings is 1. The molecule has 1 amide bonds. The molecule has 1 N–H and O–H groups in total. The second kappa shape index (κ2) is 7.42. The van der Waals surface area contributed by atoms with E-state index in [2.05, 4.69) is 5.10 Å². The number of aromatic hydroxyl groups is 1. The van der Waals surface area contributed by atoms with Crippen molar-refractivity contribution in [3.05, 3.63) is 93.9 Å². The van der Waals surface area contributed by atoms with Gasteiger partial charge in [0.1, 0.15) is 0 Å². The van der Waals surface area contributed by atoms with Crippen molar-refractivity contribution in [1.82, 2.24) is 14.7 Å². The Morgan fingerprint density at radius 3 is 2.27 bits per heavy atom. The van der Waals surface area contributed by atoms with Gasteiger partial charge in [-0.25, -0.2) is 4.68 Å². The zero-order valence-corrected chi connectivity index (χ0v) is 16.2. The van der Waals surface area contributed by atoms with Crippen LogP contribution in [-0.4, -0.2) is 51.5 Å². The van der Waals surface area contributed by atoms with Crippen molar-refractivity contribution in [3.8, 4) is 5.75 Å². The van der Waals surface area contributed by atoms with Gasteiger partial charge in [0.15, 0.2) is 11.4 Å². The van der Waals surface area contributed by atoms with Crippen LogP contribution >= 0.6 is 0 Å². The van der Waals surface area contributed by atoms with Gasteiger partial charge in [-0.15, -0.1) is 0 Å². The Morgan fingerprint density at radius 1 is 1.00 bits per heavy atom. The SMILES string of the molecule is O=C1c2c(O)c(=O)cnn2[C@@H](C(c2ccccc2)c2ccccc2)[C@@H]2COCCN12. The molecular weight excluding hydrogens is 382 g/mol. The first-order valence-corrected chi connectivity index (χ1v) is 9.96. The molecule has 0 radical (unpaired) electrons. The number of hydrogen-bond donors (Lipinski definition) is 1. The fraction of sp³-hybridized carbons (Fsp3) is 0.261. The van der Waals surface area contributed by atoms with Crippen LogP contribution in [0.2, 0.25) is 0 Å². The Balaban J connectivity index is 1.77. The van der Waals surface area contributed by atoms with Crippen LogP contribution < -0.4 is 5.43 Å². The summed E-state index contributed by atoms with van der Waals surface area (Å²) in [4.78, 5) is 27.0. The van der Waals surface area contributed by atoms with Gasteiger partial charge in [-0.05, 0) is 11.1 Å². The predicted octanol–water partition coefficient (Wildman–Crippen LogP) is 2.18. The molecule has 5 rings (SSSR count). The number of carbonyl (C=O) groups excluding carboxylic acids is 1. The van der Waals surface area contributed by atoms with Crippen LogP contribution in [-0.2, 0) is 4.74 Å². The fourth-order valence-corrected chi connectivity index (χ4v) is 4.61. The molecule has 2 aliphatic heterocycles. The van der Waals surface area contributed by atoms with E-state index in [-0.39, 0.29) is 29.6 Å². The largest absolute Gasteiger partial charge is 0.502 e. The molecule has 0 saturated carbocycles. The molecule has 0 unspecified atom stereocenters. The third-order valence-electron chi connectivity index (χ3n) is 5.95. The summed E-state index contributed by atoms with van der Waals surface area (Å²) in [5.41, 5.74) is 1.40. The van der Waals surface area contributed by atoms with Gasteiger partial charge in [0.05, 0.1) is 31.5 Å². The van der Waals surface area contributed by atoms with Gasteiger partial charge < -0.3 is 14.7 Å². The number of rotatable bonds is 3. The first kappa shape index (κ1) is 18.6. The zero-order chi connectivity index (χ0) is 20.7. The minimum Gasteiger partial charge on any atom is -0.502 e. The monoisotopic (exact) mass is 403 g/mol. The van der Waals surface area contributed by atoms with E-state index in [9.17, 15) is 14.7 Å². The second-order valence-corrected chi connectivity index (χ2v) is 7.58. The molecule has 2 aliphatic rings. The first-order valence-electron chi connectivity index (χ1n) is 9.96. The average Bonchev–Trinajstić information content (AvgIpc) is 2.80. The Kier molecular flexibility index (Phi) is 4.59. The smallest absolute Gasteiger partial charge is 0.276 e. The lowest BCUT2D eigenvalue weighted by Gasteiger charge is -2.47. The maximum absolute atomic E-state index is 13.2. The summed E-state index contributed by atoms with van der Waals surface area (Å²) in [5, 5.41) is 14.8. The number of aromatic nitrogens is 2. The molecule has 7 nitrogen and oxygen atoms in total. The maximum atomic E-state index is 13.2. The van der Waals surface area contributed by atoms with E-state index in [4.69, 9.17) is 4.74 Å². The number of nitrogens with zero attached hydrogens (tertiary/aromatic N) is 3. The van der Waals surface area contributed by atoms with Crippen LogP contribution in [0, 0.1) is 0 Å². The topological polar surface area (TPSA) is 84.7 Å². The summed E-state index contributed by atoms with van der Waals surface area (Å²) in [6.45, 7) is 1.18. The van der Waals surface area contributed by atoms with Gasteiger partial charge in [-0.1, -0.05) is 60.7 Å². The van der Waals surface area contributed by atoms with Gasteiger partial charge in [-0.2, -0.15) is 5.10 Å². The summed E-state index contributed by atoms with van der Waals surface area (Å²) in [5.74, 6) is -1.10. The number of amides is 1. The number of carbonyl (C=O) groups is 1. The molecule has 0 spiro atoms. The van der Waals surface area contributed by atoms with Crippen LogP contribution in [0.1, 0.15) is 33.6 Å². The summed E-state index contributed by atoms with van der Waals surface area (Å²) < 4.78 is 7.28. The zero-order valence-electron chi connectivity index (χ0n) is 16.2. The number of fused-ring (bicyclic) bond motifs is 2. The number of hydrogen-bond acceptors (Lipinski definition) is 5. The van der Waals surface area contributed by atoms with Crippen molar-refractivity contribution in [2.24, 2.45) is 0 Å². The molecule has 1 saturated heterocycles. The standard InChI is InChI=1S/C23H21N3O4/c27-18-13-24-26-20(17-14-30-12-11-25(17)23(29)21(26)22(18)28)19(15-7-3-1-4-8-15)16-9-5-2-6-10-16/h1-10,13,17,19-20,28H,11-12,14H2/t17-,20+/m0/s1. The lowest BCUT2D eigenvalue weighted by atomic mass is 9.80. The lowest BCUT2D eigenvalue weighted by molar-refractivity contribution is -0.0322. The first-order chi connectivity index (χ1) is 14.7. The van der Waals surface area contributed by atoms with Gasteiger partial charge in [-0.3, -0.25) is 9.59 Å². The van der Waals surface area contributed by atoms with Crippen LogP contribution in [0.15, 0.2) is 71.7 Å². The highest BCUT2D eigenvalue weighted by atomic mass is 16.5. The summed E-state index contributed by atoms with van der Waals surface area (Å²) in [6, 6.07) is 19.4. The van der Waals surface area contributed by atoms with Crippen molar-refractivity contribution >= 4 is 5.91 Å². The third-order valence-corrected chi connectivity index (χ3v) is 5.95. The molecule has 152 valence electrons. The Hall–Kier alpha value is -3.45. The van der Waals surface area contributed by atoms with Crippen LogP contribution in [0.3, 0.4) is 0 Å². The molecule has 2 aromatic carbocycles. The number of benzene rings is 2. The van der Waals surface area contributed by atoms with E-state index in [0.29, 0.717) is 19.8 Å². The molecule has 3 aromatic rings. The molecule has 7 heteroatoms. The van der Waals surface area contributed by atoms with E-state index in [1.807, 2.05) is 60.7 Å². The quantitative estimate of drug-likeness (QED) is 0.725. The lowest BCUT2D eigenvalue weighted by Crippen LogP contribution is -2.58. The summed E-state index contributed by atoms with van der Waals surface area (Å²) in [7, 11) is 0. The number of ether oxygens (including phenoxy) is 1. The Labute approximate surface area is 173 Å². The van der Waals surface area contributed by atoms with Crippen LogP contribution in [0.25, 0.3) is 0 Å². The Bertz CT molecular complexity index is 1090. The van der Waals surface area contributed by atoms with Crippen LogP contribution in [0.5, 0.6) is 5.75 Å². The fourth-order valence-electron chi connectivity index (χ4n) is 4.61. The van der Waals surface area contributed by atoms with Crippen molar-refractivity contribution in [2.45, 2.75) is 18.0 Å². The molecule has 1 fully saturated rings. The Morgan fingerprint density at radius 2 is 1.63 bits per heavy atom. The average molecular weight is 403 g/mol. The van der Waals surface area contributed by atoms with Crippen molar-refractivity contribution in [1.29, 1.82) is 0 Å². The molecule has 3 heterocycles. The highest BCUT2D eigenvalue weighted by Crippen LogP contribution is 2.43. The molecule has 2 atom stereocenters. The molecule has 30 heavy (non-hydrogen) atoms. The minimum atomic E-state index is -0.656. The maximum Gasteiger partial charge on any atom is 0.276 e. The van der Waals surface area contributed by atoms with Gasteiger partial charge in [0.2, 0.25) is 5.43 Å². The molecule has 0 bridgehead atoms. The summed E-state index contributed by atoms with van der Waals surface area (Å²) >= 11 is 0. The van der Waals surface area contributed by atoms with Gasteiger partial charge >= 0.3 is 0 Å². The van der Waals surface area contributed by atoms with Gasteiger partial charge in [0.25, 0.3) is 5.91 Å². The minimum absolute atomic E-state index is 0.0532. The van der Waals surface area contributed by atoms with Crippen LogP contribution in [0.4, 0.5) is 0 Å². The van der Waals surface area contributed by atoms with Crippen molar-refractivity contribution in [2.75, 3.05) is 19.8 Å².